The molecule has 5 nitrogen and oxygen atoms in total. The Morgan fingerprint density at radius 3 is 2.29 bits per heavy atom. The third-order valence-electron chi connectivity index (χ3n) is 1.35. The summed E-state index contributed by atoms with van der Waals surface area (Å²) >= 11 is 5.39. The number of nitrogen functional groups attached to an aromatic ring is 1. The van der Waals surface area contributed by atoms with Gasteiger partial charge in [0.15, 0.2) is 0 Å². The van der Waals surface area contributed by atoms with E-state index in [1.54, 1.807) is 0 Å². The van der Waals surface area contributed by atoms with E-state index in [-0.39, 0.29) is 29.6 Å². The monoisotopic (exact) mass is 229 g/mol. The molecule has 0 radical (unpaired) electrons. The molecular formula is C6H5ClLiNO4S. The smallest absolute Gasteiger partial charge is 0.870 e. The first-order valence-corrected chi connectivity index (χ1v) is 4.88. The van der Waals surface area contributed by atoms with Crippen molar-refractivity contribution in [3.63, 3.8) is 0 Å². The molecule has 0 aliphatic carbocycles. The Labute approximate surface area is 97.8 Å². The predicted octanol–water partition coefficient (Wildman–Crippen LogP) is -2.75. The van der Waals surface area contributed by atoms with Gasteiger partial charge in [-0.05, 0) is 12.1 Å². The molecule has 3 N–H and O–H groups in total. The van der Waals surface area contributed by atoms with Gasteiger partial charge in [-0.2, -0.15) is 8.42 Å². The maximum absolute atomic E-state index is 11.1. The van der Waals surface area contributed by atoms with Crippen LogP contribution in [-0.4, -0.2) is 13.0 Å². The summed E-state index contributed by atoms with van der Waals surface area (Å²) in [4.78, 5) is -0.880. The number of hydrogen-bond donors (Lipinski definition) is 2. The summed E-state index contributed by atoms with van der Waals surface area (Å²) in [7, 11) is -4.61. The van der Waals surface area contributed by atoms with Crippen molar-refractivity contribution in [1.29, 1.82) is 0 Å². The fourth-order valence-corrected chi connectivity index (χ4v) is 1.90. The van der Waals surface area contributed by atoms with E-state index in [1.165, 1.54) is 6.07 Å². The molecule has 0 unspecified atom stereocenters. The summed E-state index contributed by atoms with van der Waals surface area (Å²) < 4.78 is 29.9. The van der Waals surface area contributed by atoms with E-state index >= 15 is 0 Å². The van der Waals surface area contributed by atoms with Crippen molar-refractivity contribution in [2.24, 2.45) is 0 Å². The van der Waals surface area contributed by atoms with E-state index in [2.05, 4.69) is 0 Å². The molecule has 1 aromatic rings. The van der Waals surface area contributed by atoms with Gasteiger partial charge in [-0.1, -0.05) is 17.4 Å². The molecule has 0 aromatic heterocycles. The number of hydrogen-bond acceptors (Lipinski definition) is 4. The fraction of sp³-hybridized carbons (Fsp3) is 0. The van der Waals surface area contributed by atoms with E-state index in [9.17, 15) is 13.5 Å². The summed E-state index contributed by atoms with van der Waals surface area (Å²) in [5, 5.41) is 10.7. The van der Waals surface area contributed by atoms with Gasteiger partial charge in [0.1, 0.15) is 4.90 Å². The van der Waals surface area contributed by atoms with Crippen molar-refractivity contribution in [2.75, 3.05) is 5.73 Å². The molecule has 0 aliphatic rings. The Bertz CT molecular complexity index is 447. The molecule has 0 saturated heterocycles. The van der Waals surface area contributed by atoms with Crippen LogP contribution in [0.25, 0.3) is 0 Å². The molecule has 14 heavy (non-hydrogen) atoms. The van der Waals surface area contributed by atoms with E-state index in [0.29, 0.717) is 0 Å². The van der Waals surface area contributed by atoms with Crippen LogP contribution in [0.2, 0.25) is 5.02 Å². The molecule has 0 aliphatic heterocycles. The van der Waals surface area contributed by atoms with Crippen molar-refractivity contribution in [3.05, 3.63) is 17.2 Å². The molecule has 0 bridgehead atoms. The molecule has 0 saturated carbocycles. The van der Waals surface area contributed by atoms with Crippen molar-refractivity contribution in [2.45, 2.75) is 4.90 Å². The van der Waals surface area contributed by atoms with Crippen molar-refractivity contribution < 1.29 is 36.9 Å². The van der Waals surface area contributed by atoms with E-state index in [1.807, 2.05) is 0 Å². The Balaban J connectivity index is 0.00000169. The second kappa shape index (κ2) is 4.42. The minimum absolute atomic E-state index is 0. The Morgan fingerprint density at radius 1 is 1.43 bits per heavy atom. The second-order valence-corrected chi connectivity index (χ2v) is 4.04. The first kappa shape index (κ1) is 13.6. The maximum atomic E-state index is 11.1. The molecule has 0 spiro atoms. The first-order valence-electron chi connectivity index (χ1n) is 3.06. The van der Waals surface area contributed by atoms with E-state index in [0.717, 1.165) is 6.07 Å². The van der Waals surface area contributed by atoms with Crippen LogP contribution in [0.3, 0.4) is 0 Å². The van der Waals surface area contributed by atoms with E-state index in [4.69, 9.17) is 21.9 Å². The van der Waals surface area contributed by atoms with Gasteiger partial charge in [-0.25, -0.2) is 0 Å². The molecule has 0 amide bonds. The average molecular weight is 230 g/mol. The van der Waals surface area contributed by atoms with E-state index < -0.39 is 20.8 Å². The molecule has 1 aromatic carbocycles. The van der Waals surface area contributed by atoms with Crippen molar-refractivity contribution >= 4 is 27.4 Å². The second-order valence-electron chi connectivity index (χ2n) is 2.27. The Kier molecular flexibility index (Phi) is 4.30. The van der Waals surface area contributed by atoms with Gasteiger partial charge in [0, 0.05) is 5.69 Å². The van der Waals surface area contributed by atoms with Gasteiger partial charge in [-0.15, -0.1) is 0 Å². The van der Waals surface area contributed by atoms with Crippen LogP contribution in [0.4, 0.5) is 5.69 Å². The van der Waals surface area contributed by atoms with Gasteiger partial charge >= 0.3 is 18.9 Å². The molecule has 0 atom stereocenters. The topological polar surface area (TPSA) is 103 Å². The van der Waals surface area contributed by atoms with Crippen LogP contribution in [-0.2, 0) is 10.1 Å². The molecular weight excluding hydrogens is 225 g/mol. The molecule has 0 heterocycles. The molecule has 8 heteroatoms. The van der Waals surface area contributed by atoms with Gasteiger partial charge in [0.2, 0.25) is 0 Å². The van der Waals surface area contributed by atoms with Crippen LogP contribution in [0.15, 0.2) is 17.0 Å². The molecule has 0 fully saturated rings. The Morgan fingerprint density at radius 2 is 1.93 bits per heavy atom. The van der Waals surface area contributed by atoms with Gasteiger partial charge in [0.05, 0.1) is 5.02 Å². The summed E-state index contributed by atoms with van der Waals surface area (Å²) in [6.07, 6.45) is 0. The summed E-state index contributed by atoms with van der Waals surface area (Å²) in [6, 6.07) is 2.29. The fourth-order valence-electron chi connectivity index (χ4n) is 0.794. The number of rotatable bonds is 1. The van der Waals surface area contributed by atoms with Crippen molar-refractivity contribution in [3.8, 4) is 5.75 Å². The van der Waals surface area contributed by atoms with Crippen molar-refractivity contribution in [1.82, 2.24) is 0 Å². The first-order chi connectivity index (χ1) is 5.84. The van der Waals surface area contributed by atoms with Crippen LogP contribution >= 0.6 is 11.6 Å². The average Bonchev–Trinajstić information content (AvgIpc) is 1.95. The van der Waals surface area contributed by atoms with Gasteiger partial charge in [-0.3, -0.25) is 4.55 Å². The third kappa shape index (κ3) is 2.56. The SMILES string of the molecule is Nc1ccc(Cl)c(S(=O)(=O)O)c1[O-].[Li+]. The predicted molar refractivity (Wildman–Crippen MR) is 45.1 cm³/mol. The number of anilines is 1. The number of nitrogens with two attached hydrogens (primary N) is 1. The largest absolute Gasteiger partial charge is 1.00 e. The van der Waals surface area contributed by atoms with Crippen LogP contribution in [0, 0.1) is 0 Å². The van der Waals surface area contributed by atoms with Gasteiger partial charge < -0.3 is 10.8 Å². The number of benzene rings is 1. The minimum Gasteiger partial charge on any atom is -0.870 e. The van der Waals surface area contributed by atoms with Crippen LogP contribution in [0.1, 0.15) is 0 Å². The maximum Gasteiger partial charge on any atom is 1.00 e. The summed E-state index contributed by atoms with van der Waals surface area (Å²) in [5.74, 6) is -0.991. The molecule has 1 rings (SSSR count). The zero-order chi connectivity index (χ0) is 10.2. The normalized spacial score (nSPS) is 10.7. The summed E-state index contributed by atoms with van der Waals surface area (Å²) in [5.41, 5.74) is 4.86. The van der Waals surface area contributed by atoms with Crippen LogP contribution in [0.5, 0.6) is 5.75 Å². The quantitative estimate of drug-likeness (QED) is 0.309. The minimum atomic E-state index is -4.61. The Hall–Kier alpha value is -0.383. The third-order valence-corrected chi connectivity index (χ3v) is 2.70. The van der Waals surface area contributed by atoms with Gasteiger partial charge in [0.25, 0.3) is 10.1 Å². The molecule has 72 valence electrons. The zero-order valence-corrected chi connectivity index (χ0v) is 8.76. The van der Waals surface area contributed by atoms with Crippen LogP contribution < -0.4 is 29.7 Å². The standard InChI is InChI=1S/C6H6ClNO4S.Li/c7-3-1-2-4(8)5(9)6(3)13(10,11)12;/h1-2,9H,8H2,(H,10,11,12);/q;+1/p-1. The number of halogens is 1. The summed E-state index contributed by atoms with van der Waals surface area (Å²) in [6.45, 7) is 0. The zero-order valence-electron chi connectivity index (χ0n) is 7.19.